The highest BCUT2D eigenvalue weighted by Gasteiger charge is 2.22. The molecule has 0 aliphatic heterocycles. The number of benzene rings is 2. The Hall–Kier alpha value is -2.29. The minimum absolute atomic E-state index is 0.0184. The molecule has 0 bridgehead atoms. The van der Waals surface area contributed by atoms with Crippen LogP contribution in [0.25, 0.3) is 0 Å². The molecule has 1 aliphatic carbocycles. The van der Waals surface area contributed by atoms with E-state index in [1.54, 1.807) is 0 Å². The maximum atomic E-state index is 12.8. The monoisotopic (exact) mass is 351 g/mol. The topological polar surface area (TPSA) is 38.3 Å². The minimum Gasteiger partial charge on any atom is -0.481 e. The second-order valence-corrected chi connectivity index (χ2v) is 7.03. The van der Waals surface area contributed by atoms with E-state index in [9.17, 15) is 4.79 Å². The number of hydrogen-bond donors (Lipinski definition) is 1. The molecule has 1 N–H and O–H groups in total. The number of hydrogen-bond acceptors (Lipinski definition) is 2. The Morgan fingerprint density at radius 2 is 1.73 bits per heavy atom. The zero-order chi connectivity index (χ0) is 18.4. The first kappa shape index (κ1) is 18.5. The molecule has 3 rings (SSSR count). The van der Waals surface area contributed by atoms with Gasteiger partial charge >= 0.3 is 0 Å². The maximum Gasteiger partial charge on any atom is 0.261 e. The van der Waals surface area contributed by atoms with Crippen molar-refractivity contribution in [1.82, 2.24) is 5.32 Å². The Balaban J connectivity index is 1.67. The van der Waals surface area contributed by atoms with E-state index >= 15 is 0 Å². The van der Waals surface area contributed by atoms with Gasteiger partial charge in [0.2, 0.25) is 0 Å². The Morgan fingerprint density at radius 1 is 1.00 bits per heavy atom. The van der Waals surface area contributed by atoms with Gasteiger partial charge in [0.25, 0.3) is 5.91 Å². The van der Waals surface area contributed by atoms with Crippen LogP contribution in [0, 0.1) is 0 Å². The third-order valence-electron chi connectivity index (χ3n) is 5.19. The summed E-state index contributed by atoms with van der Waals surface area (Å²) >= 11 is 0. The van der Waals surface area contributed by atoms with Gasteiger partial charge in [-0.15, -0.1) is 0 Å². The van der Waals surface area contributed by atoms with E-state index in [-0.39, 0.29) is 11.9 Å². The van der Waals surface area contributed by atoms with E-state index in [2.05, 4.69) is 36.5 Å². The van der Waals surface area contributed by atoms with Gasteiger partial charge in [0, 0.05) is 0 Å². The standard InChI is InChI=1S/C23H29NO2/c1-3-21(18-11-6-5-7-12-18)24-23(25)22(4-2)26-20-15-14-17-10-8-9-13-19(17)16-20/h5-7,11-12,14-16,21-22H,3-4,8-10,13H2,1-2H3,(H,24,25). The molecule has 26 heavy (non-hydrogen) atoms. The van der Waals surface area contributed by atoms with E-state index in [4.69, 9.17) is 4.74 Å². The van der Waals surface area contributed by atoms with Gasteiger partial charge < -0.3 is 10.1 Å². The molecule has 2 aromatic carbocycles. The molecule has 3 heteroatoms. The Bertz CT molecular complexity index is 726. The van der Waals surface area contributed by atoms with E-state index in [0.29, 0.717) is 6.42 Å². The van der Waals surface area contributed by atoms with Crippen molar-refractivity contribution in [3.63, 3.8) is 0 Å². The van der Waals surface area contributed by atoms with Crippen molar-refractivity contribution in [2.24, 2.45) is 0 Å². The smallest absolute Gasteiger partial charge is 0.261 e. The fraction of sp³-hybridized carbons (Fsp3) is 0.435. The van der Waals surface area contributed by atoms with Crippen molar-refractivity contribution in [3.8, 4) is 5.75 Å². The molecule has 0 aromatic heterocycles. The molecule has 0 radical (unpaired) electrons. The highest BCUT2D eigenvalue weighted by atomic mass is 16.5. The van der Waals surface area contributed by atoms with Crippen molar-refractivity contribution in [1.29, 1.82) is 0 Å². The van der Waals surface area contributed by atoms with Gasteiger partial charge in [0.05, 0.1) is 6.04 Å². The zero-order valence-corrected chi connectivity index (χ0v) is 15.8. The Morgan fingerprint density at radius 3 is 2.42 bits per heavy atom. The first-order chi connectivity index (χ1) is 12.7. The first-order valence-corrected chi connectivity index (χ1v) is 9.85. The van der Waals surface area contributed by atoms with E-state index in [0.717, 1.165) is 30.6 Å². The quantitative estimate of drug-likeness (QED) is 0.763. The van der Waals surface area contributed by atoms with Gasteiger partial charge in [0.15, 0.2) is 6.10 Å². The molecule has 0 saturated carbocycles. The molecule has 3 nitrogen and oxygen atoms in total. The average molecular weight is 351 g/mol. The van der Waals surface area contributed by atoms with Gasteiger partial charge in [-0.3, -0.25) is 4.79 Å². The number of carbonyl (C=O) groups is 1. The number of aryl methyl sites for hydroxylation is 2. The van der Waals surface area contributed by atoms with Gasteiger partial charge in [-0.1, -0.05) is 50.2 Å². The highest BCUT2D eigenvalue weighted by Crippen LogP contribution is 2.26. The third kappa shape index (κ3) is 4.46. The molecule has 0 fully saturated rings. The van der Waals surface area contributed by atoms with Crippen LogP contribution in [0.15, 0.2) is 48.5 Å². The van der Waals surface area contributed by atoms with Crippen LogP contribution in [0.4, 0.5) is 0 Å². The fourth-order valence-corrected chi connectivity index (χ4v) is 3.64. The van der Waals surface area contributed by atoms with Crippen LogP contribution >= 0.6 is 0 Å². The molecule has 2 atom stereocenters. The van der Waals surface area contributed by atoms with Crippen molar-refractivity contribution >= 4 is 5.91 Å². The molecule has 0 spiro atoms. The van der Waals surface area contributed by atoms with Gasteiger partial charge in [-0.05, 0) is 67.3 Å². The Kier molecular flexibility index (Phi) is 6.32. The summed E-state index contributed by atoms with van der Waals surface area (Å²) < 4.78 is 6.06. The van der Waals surface area contributed by atoms with Crippen molar-refractivity contribution < 1.29 is 9.53 Å². The molecular formula is C23H29NO2. The lowest BCUT2D eigenvalue weighted by molar-refractivity contribution is -0.128. The molecule has 1 amide bonds. The van der Waals surface area contributed by atoms with Gasteiger partial charge in [-0.25, -0.2) is 0 Å². The summed E-state index contributed by atoms with van der Waals surface area (Å²) in [6, 6.07) is 16.4. The second kappa shape index (κ2) is 8.88. The molecular weight excluding hydrogens is 322 g/mol. The summed E-state index contributed by atoms with van der Waals surface area (Å²) in [5.74, 6) is 0.765. The van der Waals surface area contributed by atoms with Crippen LogP contribution < -0.4 is 10.1 Å². The fourth-order valence-electron chi connectivity index (χ4n) is 3.64. The van der Waals surface area contributed by atoms with Crippen molar-refractivity contribution in [3.05, 3.63) is 65.2 Å². The number of nitrogens with one attached hydrogen (secondary N) is 1. The summed E-state index contributed by atoms with van der Waals surface area (Å²) in [7, 11) is 0. The summed E-state index contributed by atoms with van der Waals surface area (Å²) in [6.07, 6.45) is 5.81. The van der Waals surface area contributed by atoms with Crippen LogP contribution in [-0.4, -0.2) is 12.0 Å². The first-order valence-electron chi connectivity index (χ1n) is 9.85. The molecule has 0 saturated heterocycles. The zero-order valence-electron chi connectivity index (χ0n) is 15.8. The second-order valence-electron chi connectivity index (χ2n) is 7.03. The predicted octanol–water partition coefficient (Wildman–Crippen LogP) is 4.99. The molecule has 1 aliphatic rings. The molecule has 2 unspecified atom stereocenters. The van der Waals surface area contributed by atoms with Crippen LogP contribution in [-0.2, 0) is 17.6 Å². The predicted molar refractivity (Wildman–Crippen MR) is 105 cm³/mol. The van der Waals surface area contributed by atoms with Crippen LogP contribution in [0.3, 0.4) is 0 Å². The Labute approximate surface area is 156 Å². The molecule has 0 heterocycles. The molecule has 2 aromatic rings. The van der Waals surface area contributed by atoms with Crippen molar-refractivity contribution in [2.45, 2.75) is 64.5 Å². The minimum atomic E-state index is -0.464. The third-order valence-corrected chi connectivity index (χ3v) is 5.19. The van der Waals surface area contributed by atoms with E-state index < -0.39 is 6.10 Å². The average Bonchev–Trinajstić information content (AvgIpc) is 2.70. The number of fused-ring (bicyclic) bond motifs is 1. The lowest BCUT2D eigenvalue weighted by Gasteiger charge is -2.23. The summed E-state index contributed by atoms with van der Waals surface area (Å²) in [5.41, 5.74) is 3.93. The largest absolute Gasteiger partial charge is 0.481 e. The number of amides is 1. The summed E-state index contributed by atoms with van der Waals surface area (Å²) in [5, 5.41) is 3.15. The lowest BCUT2D eigenvalue weighted by Crippen LogP contribution is -2.40. The number of rotatable bonds is 7. The van der Waals surface area contributed by atoms with E-state index in [1.165, 1.54) is 24.0 Å². The van der Waals surface area contributed by atoms with Gasteiger partial charge in [-0.2, -0.15) is 0 Å². The van der Waals surface area contributed by atoms with Crippen molar-refractivity contribution in [2.75, 3.05) is 0 Å². The summed E-state index contributed by atoms with van der Waals surface area (Å²) in [4.78, 5) is 12.8. The normalized spacial score (nSPS) is 15.6. The number of ether oxygens (including phenoxy) is 1. The summed E-state index contributed by atoms with van der Waals surface area (Å²) in [6.45, 7) is 4.08. The van der Waals surface area contributed by atoms with Crippen LogP contribution in [0.2, 0.25) is 0 Å². The highest BCUT2D eigenvalue weighted by molar-refractivity contribution is 5.81. The lowest BCUT2D eigenvalue weighted by atomic mass is 9.92. The number of carbonyl (C=O) groups excluding carboxylic acids is 1. The molecule has 138 valence electrons. The van der Waals surface area contributed by atoms with Crippen LogP contribution in [0.1, 0.15) is 62.3 Å². The SMILES string of the molecule is CCC(Oc1ccc2c(c1)CCCC2)C(=O)NC(CC)c1ccccc1. The van der Waals surface area contributed by atoms with Gasteiger partial charge in [0.1, 0.15) is 5.75 Å². The van der Waals surface area contributed by atoms with E-state index in [1.807, 2.05) is 31.2 Å². The maximum absolute atomic E-state index is 12.8. The van der Waals surface area contributed by atoms with Crippen LogP contribution in [0.5, 0.6) is 5.75 Å².